The molecule has 0 unspecified atom stereocenters. The van der Waals surface area contributed by atoms with Gasteiger partial charge in [0, 0.05) is 32.9 Å². The van der Waals surface area contributed by atoms with Crippen molar-refractivity contribution in [3.63, 3.8) is 0 Å². The molecule has 6 nitrogen and oxygen atoms in total. The minimum Gasteiger partial charge on any atom is -0.485 e. The summed E-state index contributed by atoms with van der Waals surface area (Å²) in [6, 6.07) is 11.9. The third-order valence-electron chi connectivity index (χ3n) is 5.80. The van der Waals surface area contributed by atoms with Gasteiger partial charge in [-0.05, 0) is 50.5 Å². The average Bonchev–Trinajstić information content (AvgIpc) is 2.78. The van der Waals surface area contributed by atoms with Gasteiger partial charge < -0.3 is 19.4 Å². The molecule has 29 heavy (non-hydrogen) atoms. The molecule has 2 aliphatic heterocycles. The summed E-state index contributed by atoms with van der Waals surface area (Å²) in [5, 5.41) is 0. The fraction of sp³-hybridized carbons (Fsp3) is 0.478. The maximum atomic E-state index is 13.3. The standard InChI is InChI=1S/C23H30N4O2/c1-3-26-17-18(29-21-12-6-5-11-20(21)26)16-25(2)23(28)19-10-9-13-24-22(19)27-14-7-4-8-15-27/h5-6,9-13,18H,3-4,7-8,14-17H2,1-2H3/t18-/m0/s1. The second-order valence-electron chi connectivity index (χ2n) is 7.85. The number of nitrogens with zero attached hydrogens (tertiary/aromatic N) is 4. The molecule has 1 amide bonds. The summed E-state index contributed by atoms with van der Waals surface area (Å²) < 4.78 is 6.21. The Morgan fingerprint density at radius 1 is 1.17 bits per heavy atom. The summed E-state index contributed by atoms with van der Waals surface area (Å²) in [6.45, 7) is 6.31. The number of fused-ring (bicyclic) bond motifs is 1. The second-order valence-corrected chi connectivity index (χ2v) is 7.85. The van der Waals surface area contributed by atoms with Crippen LogP contribution in [0.15, 0.2) is 42.6 Å². The fourth-order valence-electron chi connectivity index (χ4n) is 4.29. The molecule has 1 saturated heterocycles. The first-order valence-electron chi connectivity index (χ1n) is 10.6. The van der Waals surface area contributed by atoms with Crippen LogP contribution >= 0.6 is 0 Å². The van der Waals surface area contributed by atoms with Crippen molar-refractivity contribution < 1.29 is 9.53 Å². The molecule has 1 fully saturated rings. The van der Waals surface area contributed by atoms with Crippen molar-refractivity contribution in [3.05, 3.63) is 48.2 Å². The van der Waals surface area contributed by atoms with E-state index in [9.17, 15) is 4.79 Å². The molecular formula is C23H30N4O2. The molecule has 154 valence electrons. The Labute approximate surface area is 173 Å². The van der Waals surface area contributed by atoms with Crippen molar-refractivity contribution in [3.8, 4) is 5.75 Å². The highest BCUT2D eigenvalue weighted by Crippen LogP contribution is 2.33. The van der Waals surface area contributed by atoms with Gasteiger partial charge in [-0.1, -0.05) is 12.1 Å². The quantitative estimate of drug-likeness (QED) is 0.778. The molecule has 0 spiro atoms. The van der Waals surface area contributed by atoms with E-state index < -0.39 is 0 Å². The lowest BCUT2D eigenvalue weighted by atomic mass is 10.1. The van der Waals surface area contributed by atoms with E-state index in [1.54, 1.807) is 11.1 Å². The number of likely N-dealkylation sites (N-methyl/N-ethyl adjacent to an activating group) is 2. The number of rotatable bonds is 5. The lowest BCUT2D eigenvalue weighted by Gasteiger charge is -2.37. The van der Waals surface area contributed by atoms with Crippen molar-refractivity contribution >= 4 is 17.4 Å². The van der Waals surface area contributed by atoms with Crippen LogP contribution in [0.25, 0.3) is 0 Å². The Kier molecular flexibility index (Phi) is 5.88. The number of carbonyl (C=O) groups excluding carboxylic acids is 1. The van der Waals surface area contributed by atoms with Crippen LogP contribution in [-0.2, 0) is 0 Å². The minimum absolute atomic E-state index is 0.00387. The van der Waals surface area contributed by atoms with Gasteiger partial charge in [-0.25, -0.2) is 4.98 Å². The molecule has 1 atom stereocenters. The average molecular weight is 395 g/mol. The van der Waals surface area contributed by atoms with Gasteiger partial charge in [0.1, 0.15) is 17.7 Å². The summed E-state index contributed by atoms with van der Waals surface area (Å²) >= 11 is 0. The maximum absolute atomic E-state index is 13.3. The second kappa shape index (κ2) is 8.72. The number of anilines is 2. The molecule has 0 saturated carbocycles. The smallest absolute Gasteiger partial charge is 0.257 e. The Morgan fingerprint density at radius 2 is 1.97 bits per heavy atom. The lowest BCUT2D eigenvalue weighted by molar-refractivity contribution is 0.0709. The Bertz CT molecular complexity index is 850. The van der Waals surface area contributed by atoms with E-state index in [2.05, 4.69) is 27.8 Å². The largest absolute Gasteiger partial charge is 0.485 e. The minimum atomic E-state index is -0.0612. The van der Waals surface area contributed by atoms with E-state index in [1.165, 1.54) is 6.42 Å². The highest BCUT2D eigenvalue weighted by atomic mass is 16.5. The number of amides is 1. The van der Waals surface area contributed by atoms with Crippen molar-refractivity contribution in [1.29, 1.82) is 0 Å². The Hall–Kier alpha value is -2.76. The van der Waals surface area contributed by atoms with Gasteiger partial charge in [0.15, 0.2) is 0 Å². The number of hydrogen-bond acceptors (Lipinski definition) is 5. The van der Waals surface area contributed by atoms with Crippen molar-refractivity contribution in [1.82, 2.24) is 9.88 Å². The fourth-order valence-corrected chi connectivity index (χ4v) is 4.29. The van der Waals surface area contributed by atoms with Crippen LogP contribution in [0.4, 0.5) is 11.5 Å². The van der Waals surface area contributed by atoms with Gasteiger partial charge in [0.2, 0.25) is 0 Å². The molecule has 4 rings (SSSR count). The van der Waals surface area contributed by atoms with Gasteiger partial charge in [-0.3, -0.25) is 4.79 Å². The molecule has 6 heteroatoms. The molecule has 2 aromatic rings. The predicted octanol–water partition coefficient (Wildman–Crippen LogP) is 3.43. The summed E-state index contributed by atoms with van der Waals surface area (Å²) in [5.41, 5.74) is 1.81. The lowest BCUT2D eigenvalue weighted by Crippen LogP contribution is -2.47. The van der Waals surface area contributed by atoms with Crippen LogP contribution in [0.3, 0.4) is 0 Å². The number of ether oxygens (including phenoxy) is 1. The highest BCUT2D eigenvalue weighted by molar-refractivity contribution is 5.98. The number of hydrogen-bond donors (Lipinski definition) is 0. The van der Waals surface area contributed by atoms with E-state index in [1.807, 2.05) is 37.4 Å². The van der Waals surface area contributed by atoms with Gasteiger partial charge in [0.25, 0.3) is 5.91 Å². The number of piperidine rings is 1. The number of aromatic nitrogens is 1. The number of pyridine rings is 1. The zero-order valence-corrected chi connectivity index (χ0v) is 17.4. The van der Waals surface area contributed by atoms with E-state index >= 15 is 0 Å². The summed E-state index contributed by atoms with van der Waals surface area (Å²) in [6.07, 6.45) is 5.28. The van der Waals surface area contributed by atoms with Crippen LogP contribution < -0.4 is 14.5 Å². The summed E-state index contributed by atoms with van der Waals surface area (Å²) in [7, 11) is 1.86. The van der Waals surface area contributed by atoms with Gasteiger partial charge in [-0.2, -0.15) is 0 Å². The Morgan fingerprint density at radius 3 is 2.76 bits per heavy atom. The van der Waals surface area contributed by atoms with Crippen LogP contribution in [0.1, 0.15) is 36.5 Å². The zero-order valence-electron chi connectivity index (χ0n) is 17.4. The molecule has 1 aromatic carbocycles. The zero-order chi connectivity index (χ0) is 20.2. The predicted molar refractivity (Wildman–Crippen MR) is 116 cm³/mol. The summed E-state index contributed by atoms with van der Waals surface area (Å²) in [4.78, 5) is 24.1. The van der Waals surface area contributed by atoms with Crippen LogP contribution in [0, 0.1) is 0 Å². The number of benzene rings is 1. The van der Waals surface area contributed by atoms with E-state index in [-0.39, 0.29) is 12.0 Å². The van der Waals surface area contributed by atoms with Crippen LogP contribution in [0.5, 0.6) is 5.75 Å². The topological polar surface area (TPSA) is 48.9 Å². The highest BCUT2D eigenvalue weighted by Gasteiger charge is 2.28. The van der Waals surface area contributed by atoms with Crippen molar-refractivity contribution in [2.45, 2.75) is 32.3 Å². The normalized spacial score (nSPS) is 18.8. The summed E-state index contributed by atoms with van der Waals surface area (Å²) in [5.74, 6) is 1.71. The third-order valence-corrected chi connectivity index (χ3v) is 5.80. The SMILES string of the molecule is CCN1C[C@H](CN(C)C(=O)c2cccnc2N2CCCCC2)Oc2ccccc21. The molecule has 3 heterocycles. The van der Waals surface area contributed by atoms with Crippen LogP contribution in [0.2, 0.25) is 0 Å². The first-order chi connectivity index (χ1) is 14.2. The number of para-hydroxylation sites is 2. The molecule has 0 N–H and O–H groups in total. The molecular weight excluding hydrogens is 364 g/mol. The molecule has 1 aromatic heterocycles. The Balaban J connectivity index is 1.48. The third kappa shape index (κ3) is 4.16. The first-order valence-corrected chi connectivity index (χ1v) is 10.6. The van der Waals surface area contributed by atoms with Crippen molar-refractivity contribution in [2.75, 3.05) is 49.6 Å². The van der Waals surface area contributed by atoms with Crippen molar-refractivity contribution in [2.24, 2.45) is 0 Å². The van der Waals surface area contributed by atoms with Gasteiger partial charge in [-0.15, -0.1) is 0 Å². The molecule has 2 aliphatic rings. The maximum Gasteiger partial charge on any atom is 0.257 e. The molecule has 0 bridgehead atoms. The first kappa shape index (κ1) is 19.6. The number of carbonyl (C=O) groups is 1. The monoisotopic (exact) mass is 394 g/mol. The molecule has 0 aliphatic carbocycles. The van der Waals surface area contributed by atoms with E-state index in [0.717, 1.165) is 56.3 Å². The van der Waals surface area contributed by atoms with E-state index in [0.29, 0.717) is 12.1 Å². The van der Waals surface area contributed by atoms with Crippen LogP contribution in [-0.4, -0.2) is 61.7 Å². The van der Waals surface area contributed by atoms with Gasteiger partial charge in [0.05, 0.1) is 24.3 Å². The molecule has 0 radical (unpaired) electrons. The van der Waals surface area contributed by atoms with Gasteiger partial charge >= 0.3 is 0 Å². The van der Waals surface area contributed by atoms with E-state index in [4.69, 9.17) is 4.74 Å².